The van der Waals surface area contributed by atoms with E-state index in [0.29, 0.717) is 12.1 Å². The van der Waals surface area contributed by atoms with Crippen molar-refractivity contribution in [3.63, 3.8) is 0 Å². The monoisotopic (exact) mass is 520 g/mol. The highest BCUT2D eigenvalue weighted by Crippen LogP contribution is 2.22. The van der Waals surface area contributed by atoms with Crippen LogP contribution in [0.4, 0.5) is 0 Å². The lowest BCUT2D eigenvalue weighted by atomic mass is 10.3. The smallest absolute Gasteiger partial charge is 0.316 e. The number of ether oxygens (including phenoxy) is 1. The van der Waals surface area contributed by atoms with Crippen LogP contribution >= 0.6 is 43.5 Å². The summed E-state index contributed by atoms with van der Waals surface area (Å²) in [6.07, 6.45) is 16.3. The summed E-state index contributed by atoms with van der Waals surface area (Å²) in [7, 11) is 0. The number of aliphatic hydroxyl groups excluding tert-OH is 1. The Labute approximate surface area is 181 Å². The molecule has 0 bridgehead atoms. The molecule has 2 aliphatic rings. The van der Waals surface area contributed by atoms with Gasteiger partial charge in [-0.1, -0.05) is 12.8 Å². The zero-order chi connectivity index (χ0) is 19.5. The Morgan fingerprint density at radius 2 is 1.26 bits per heavy atom. The molecule has 27 heavy (non-hydrogen) atoms. The molecule has 0 aliphatic heterocycles. The van der Waals surface area contributed by atoms with Gasteiger partial charge in [-0.2, -0.15) is 0 Å². The van der Waals surface area contributed by atoms with E-state index in [9.17, 15) is 0 Å². The van der Waals surface area contributed by atoms with Gasteiger partial charge in [0.05, 0.1) is 15.0 Å². The normalized spacial score (nSPS) is 16.9. The molecule has 9 heteroatoms. The van der Waals surface area contributed by atoms with Gasteiger partial charge in [-0.25, -0.2) is 19.9 Å². The third-order valence-electron chi connectivity index (χ3n) is 4.08. The quantitative estimate of drug-likeness (QED) is 0.534. The van der Waals surface area contributed by atoms with Gasteiger partial charge in [0, 0.05) is 24.8 Å². The van der Waals surface area contributed by atoms with Crippen molar-refractivity contribution >= 4 is 43.5 Å². The molecule has 0 saturated heterocycles. The van der Waals surface area contributed by atoms with E-state index in [4.69, 9.17) is 21.4 Å². The fourth-order valence-electron chi connectivity index (χ4n) is 2.72. The van der Waals surface area contributed by atoms with E-state index in [1.165, 1.54) is 25.7 Å². The lowest BCUT2D eigenvalue weighted by Crippen LogP contribution is -2.12. The molecule has 2 aliphatic carbocycles. The van der Waals surface area contributed by atoms with Gasteiger partial charge < -0.3 is 9.84 Å². The molecule has 0 unspecified atom stereocenters. The van der Waals surface area contributed by atoms with Crippen LogP contribution in [0.15, 0.2) is 33.7 Å². The highest BCUT2D eigenvalue weighted by atomic mass is 79.9. The van der Waals surface area contributed by atoms with Crippen molar-refractivity contribution in [1.29, 1.82) is 0 Å². The molecule has 0 aromatic carbocycles. The van der Waals surface area contributed by atoms with Crippen molar-refractivity contribution < 1.29 is 9.84 Å². The van der Waals surface area contributed by atoms with Crippen LogP contribution in [0.3, 0.4) is 0 Å². The van der Waals surface area contributed by atoms with Crippen LogP contribution in [0.5, 0.6) is 6.01 Å². The summed E-state index contributed by atoms with van der Waals surface area (Å²) in [5.41, 5.74) is 0. The first kappa shape index (κ1) is 22.5. The van der Waals surface area contributed by atoms with Crippen molar-refractivity contribution in [2.75, 3.05) is 0 Å². The largest absolute Gasteiger partial charge is 0.460 e. The second-order valence-electron chi connectivity index (χ2n) is 6.32. The first-order valence-electron chi connectivity index (χ1n) is 8.98. The van der Waals surface area contributed by atoms with Crippen molar-refractivity contribution in [3.05, 3.63) is 39.0 Å². The van der Waals surface area contributed by atoms with E-state index in [1.54, 1.807) is 24.8 Å². The van der Waals surface area contributed by atoms with Crippen LogP contribution in [0.1, 0.15) is 51.4 Å². The average Bonchev–Trinajstić information content (AvgIpc) is 3.35. The maximum atomic E-state index is 8.73. The molecule has 2 aromatic heterocycles. The van der Waals surface area contributed by atoms with Gasteiger partial charge in [0.1, 0.15) is 6.10 Å². The van der Waals surface area contributed by atoms with E-state index >= 15 is 0 Å². The fourth-order valence-corrected chi connectivity index (χ4v) is 3.22. The molecule has 0 radical (unpaired) electrons. The SMILES string of the molecule is Brc1cnc(OC2CCCC2)nc1.Clc1ncc(Br)cn1.OC1CCCC1. The predicted molar refractivity (Wildman–Crippen MR) is 112 cm³/mol. The lowest BCUT2D eigenvalue weighted by Gasteiger charge is -2.09. The molecule has 4 rings (SSSR count). The number of aliphatic hydroxyl groups is 1. The van der Waals surface area contributed by atoms with Crippen molar-refractivity contribution in [1.82, 2.24) is 19.9 Å². The lowest BCUT2D eigenvalue weighted by molar-refractivity contribution is 0.183. The molecule has 2 heterocycles. The van der Waals surface area contributed by atoms with Crippen LogP contribution in [-0.4, -0.2) is 37.3 Å². The van der Waals surface area contributed by atoms with E-state index in [2.05, 4.69) is 51.8 Å². The number of rotatable bonds is 2. The number of hydrogen-bond donors (Lipinski definition) is 1. The Bertz CT molecular complexity index is 628. The molecule has 2 aromatic rings. The second kappa shape index (κ2) is 12.6. The molecule has 148 valence electrons. The van der Waals surface area contributed by atoms with Crippen LogP contribution < -0.4 is 4.74 Å². The van der Waals surface area contributed by atoms with Crippen molar-refractivity contribution in [3.8, 4) is 6.01 Å². The van der Waals surface area contributed by atoms with Crippen LogP contribution in [-0.2, 0) is 0 Å². The summed E-state index contributed by atoms with van der Waals surface area (Å²) >= 11 is 11.8. The van der Waals surface area contributed by atoms with Gasteiger partial charge >= 0.3 is 6.01 Å². The molecule has 2 saturated carbocycles. The third kappa shape index (κ3) is 9.78. The van der Waals surface area contributed by atoms with Gasteiger partial charge in [0.25, 0.3) is 0 Å². The standard InChI is InChI=1S/C9H11BrN2O.C5H10O.C4H2BrClN2/c10-7-5-11-9(12-6-7)13-8-3-1-2-4-8;6-5-3-1-2-4-5;5-3-1-7-4(6)8-2-3/h5-6,8H,1-4H2;5-6H,1-4H2;1-2H. The van der Waals surface area contributed by atoms with Crippen molar-refractivity contribution in [2.45, 2.75) is 63.6 Å². The Hall–Kier alpha value is -0.830. The highest BCUT2D eigenvalue weighted by molar-refractivity contribution is 9.10. The van der Waals surface area contributed by atoms with Crippen LogP contribution in [0, 0.1) is 0 Å². The molecule has 2 fully saturated rings. The van der Waals surface area contributed by atoms with E-state index in [1.807, 2.05) is 0 Å². The zero-order valence-electron chi connectivity index (χ0n) is 14.9. The molecule has 0 spiro atoms. The first-order valence-corrected chi connectivity index (χ1v) is 10.9. The van der Waals surface area contributed by atoms with Gasteiger partial charge in [-0.3, -0.25) is 0 Å². The molecule has 6 nitrogen and oxygen atoms in total. The summed E-state index contributed by atoms with van der Waals surface area (Å²) in [6, 6.07) is 0.495. The summed E-state index contributed by atoms with van der Waals surface area (Å²) in [5, 5.41) is 9.00. The molecular weight excluding hydrogens is 499 g/mol. The maximum Gasteiger partial charge on any atom is 0.316 e. The second-order valence-corrected chi connectivity index (χ2v) is 8.49. The Morgan fingerprint density at radius 1 is 0.815 bits per heavy atom. The minimum Gasteiger partial charge on any atom is -0.460 e. The predicted octanol–water partition coefficient (Wildman–Crippen LogP) is 5.37. The number of nitrogens with zero attached hydrogens (tertiary/aromatic N) is 4. The summed E-state index contributed by atoms with van der Waals surface area (Å²) < 4.78 is 7.30. The van der Waals surface area contributed by atoms with Gasteiger partial charge in [0.15, 0.2) is 0 Å². The summed E-state index contributed by atoms with van der Waals surface area (Å²) in [5.74, 6) is 0. The van der Waals surface area contributed by atoms with Crippen LogP contribution in [0.2, 0.25) is 5.28 Å². The van der Waals surface area contributed by atoms with Gasteiger partial charge in [-0.15, -0.1) is 0 Å². The maximum absolute atomic E-state index is 8.73. The minimum atomic E-state index is 0.0463. The molecule has 0 atom stereocenters. The molecular formula is C18H23Br2ClN4O2. The van der Waals surface area contributed by atoms with Gasteiger partial charge in [0.2, 0.25) is 5.28 Å². The Kier molecular flexibility index (Phi) is 10.5. The van der Waals surface area contributed by atoms with Crippen molar-refractivity contribution in [2.24, 2.45) is 0 Å². The number of halogens is 3. The minimum absolute atomic E-state index is 0.0463. The third-order valence-corrected chi connectivity index (χ3v) is 5.10. The molecule has 1 N–H and O–H groups in total. The fraction of sp³-hybridized carbons (Fsp3) is 0.556. The van der Waals surface area contributed by atoms with E-state index < -0.39 is 0 Å². The highest BCUT2D eigenvalue weighted by Gasteiger charge is 2.17. The molecule has 0 amide bonds. The summed E-state index contributed by atoms with van der Waals surface area (Å²) in [4.78, 5) is 15.5. The number of aromatic nitrogens is 4. The number of hydrogen-bond acceptors (Lipinski definition) is 6. The first-order chi connectivity index (χ1) is 13.0. The average molecular weight is 523 g/mol. The zero-order valence-corrected chi connectivity index (χ0v) is 18.8. The Balaban J connectivity index is 0.000000159. The van der Waals surface area contributed by atoms with E-state index in [0.717, 1.165) is 34.6 Å². The topological polar surface area (TPSA) is 81.0 Å². The van der Waals surface area contributed by atoms with Gasteiger partial charge in [-0.05, 0) is 82.0 Å². The Morgan fingerprint density at radius 3 is 1.67 bits per heavy atom. The van der Waals surface area contributed by atoms with E-state index in [-0.39, 0.29) is 11.4 Å². The van der Waals surface area contributed by atoms with Crippen LogP contribution in [0.25, 0.3) is 0 Å². The summed E-state index contributed by atoms with van der Waals surface area (Å²) in [6.45, 7) is 0.